The zero-order valence-corrected chi connectivity index (χ0v) is 23.2. The maximum Gasteiger partial charge on any atom is 0.262 e. The molecule has 3 aromatic rings. The van der Waals surface area contributed by atoms with Crippen LogP contribution in [0.2, 0.25) is 0 Å². The summed E-state index contributed by atoms with van der Waals surface area (Å²) in [6.45, 7) is 0.754. The van der Waals surface area contributed by atoms with Crippen LogP contribution in [0.4, 0.5) is 5.69 Å². The molecule has 4 fully saturated rings. The molecule has 0 radical (unpaired) electrons. The average molecular weight is 565 g/mol. The van der Waals surface area contributed by atoms with Crippen LogP contribution in [-0.4, -0.2) is 55.9 Å². The van der Waals surface area contributed by atoms with Crippen LogP contribution in [0.5, 0.6) is 0 Å². The molecular formula is C32H32N6O4. The minimum atomic E-state index is -0.959. The van der Waals surface area contributed by atoms with Gasteiger partial charge in [-0.2, -0.15) is 5.10 Å². The van der Waals surface area contributed by atoms with Crippen LogP contribution in [-0.2, 0) is 9.59 Å². The Balaban J connectivity index is 0.922. The van der Waals surface area contributed by atoms with Crippen molar-refractivity contribution in [3.05, 3.63) is 65.1 Å². The fraction of sp³-hybridized carbons (Fsp3) is 0.438. The first-order valence-electron chi connectivity index (χ1n) is 15.1. The molecule has 1 saturated heterocycles. The molecule has 2 aliphatic heterocycles. The molecule has 10 nitrogen and oxygen atoms in total. The number of pyridine rings is 1. The second-order valence-electron chi connectivity index (χ2n) is 12.5. The van der Waals surface area contributed by atoms with Crippen molar-refractivity contribution in [2.75, 3.05) is 11.9 Å². The highest BCUT2D eigenvalue weighted by Gasteiger charge is 2.45. The van der Waals surface area contributed by atoms with Gasteiger partial charge in [-0.05, 0) is 86.6 Å². The van der Waals surface area contributed by atoms with E-state index in [1.54, 1.807) is 18.2 Å². The number of benzene rings is 1. The standard InChI is InChI=1S/C32H32N6O4/c39-27-10-9-26(30(40)35-27)38-31(41)23-8-7-20(14-24(23)32(38)42)34-15-17-12-21(13-17)37-16-25(28(36-37)19-5-6-19)29-22(18-3-4-18)2-1-11-33-29/h1-2,7-8,11,14,16-19,21,26,34H,3-6,9-10,12-13,15H2,(H,35,39,40)/t17-,21-,26?. The van der Waals surface area contributed by atoms with Gasteiger partial charge in [-0.15, -0.1) is 0 Å². The summed E-state index contributed by atoms with van der Waals surface area (Å²) >= 11 is 0. The number of rotatable bonds is 8. The van der Waals surface area contributed by atoms with Gasteiger partial charge in [0, 0.05) is 42.5 Å². The number of piperidine rings is 1. The second-order valence-corrected chi connectivity index (χ2v) is 12.5. The predicted molar refractivity (Wildman–Crippen MR) is 153 cm³/mol. The van der Waals surface area contributed by atoms with Gasteiger partial charge in [0.2, 0.25) is 11.8 Å². The van der Waals surface area contributed by atoms with E-state index in [9.17, 15) is 19.2 Å². The van der Waals surface area contributed by atoms with Crippen LogP contribution in [0.1, 0.15) is 101 Å². The maximum atomic E-state index is 13.1. The van der Waals surface area contributed by atoms with Crippen LogP contribution in [0.15, 0.2) is 42.7 Å². The monoisotopic (exact) mass is 564 g/mol. The number of hydrogen-bond acceptors (Lipinski definition) is 7. The molecule has 214 valence electrons. The summed E-state index contributed by atoms with van der Waals surface area (Å²) in [5, 5.41) is 10.8. The predicted octanol–water partition coefficient (Wildman–Crippen LogP) is 4.16. The zero-order valence-electron chi connectivity index (χ0n) is 23.2. The third-order valence-corrected chi connectivity index (χ3v) is 9.46. The SMILES string of the molecule is O=C1CCC(N2C(=O)c3ccc(NC[C@H]4C[C@H](n5cc(-c6ncccc6C6CC6)c(C6CC6)n5)C4)cc3C2=O)C(=O)N1. The van der Waals surface area contributed by atoms with Crippen molar-refractivity contribution in [3.8, 4) is 11.3 Å². The number of anilines is 1. The molecule has 0 bridgehead atoms. The summed E-state index contributed by atoms with van der Waals surface area (Å²) in [4.78, 5) is 55.7. The number of nitrogens with one attached hydrogen (secondary N) is 2. The third-order valence-electron chi connectivity index (χ3n) is 9.46. The molecule has 3 aliphatic carbocycles. The van der Waals surface area contributed by atoms with Crippen LogP contribution < -0.4 is 10.6 Å². The lowest BCUT2D eigenvalue weighted by Gasteiger charge is -2.35. The Hall–Kier alpha value is -4.34. The van der Waals surface area contributed by atoms with Crippen molar-refractivity contribution in [2.24, 2.45) is 5.92 Å². The summed E-state index contributed by atoms with van der Waals surface area (Å²) in [5.74, 6) is -0.313. The van der Waals surface area contributed by atoms with Crippen LogP contribution in [0.25, 0.3) is 11.3 Å². The van der Waals surface area contributed by atoms with Crippen molar-refractivity contribution < 1.29 is 19.2 Å². The Morgan fingerprint density at radius 1 is 0.905 bits per heavy atom. The number of fused-ring (bicyclic) bond motifs is 1. The summed E-state index contributed by atoms with van der Waals surface area (Å²) in [5.41, 5.74) is 6.25. The lowest BCUT2D eigenvalue weighted by atomic mass is 9.80. The first-order valence-corrected chi connectivity index (χ1v) is 15.1. The quantitative estimate of drug-likeness (QED) is 0.394. The molecule has 42 heavy (non-hydrogen) atoms. The second kappa shape index (κ2) is 9.61. The number of hydrogen-bond donors (Lipinski definition) is 2. The van der Waals surface area contributed by atoms with Gasteiger partial charge in [-0.1, -0.05) is 6.07 Å². The minimum Gasteiger partial charge on any atom is -0.385 e. The molecule has 4 amide bonds. The lowest BCUT2D eigenvalue weighted by molar-refractivity contribution is -0.136. The molecule has 0 spiro atoms. The van der Waals surface area contributed by atoms with E-state index in [1.165, 1.54) is 42.5 Å². The lowest BCUT2D eigenvalue weighted by Crippen LogP contribution is -2.54. The highest BCUT2D eigenvalue weighted by Crippen LogP contribution is 2.49. The highest BCUT2D eigenvalue weighted by molar-refractivity contribution is 6.23. The molecule has 8 rings (SSSR count). The Morgan fingerprint density at radius 3 is 2.45 bits per heavy atom. The van der Waals surface area contributed by atoms with Gasteiger partial charge in [0.05, 0.1) is 28.6 Å². The van der Waals surface area contributed by atoms with Crippen LogP contribution >= 0.6 is 0 Å². The van der Waals surface area contributed by atoms with Crippen LogP contribution in [0, 0.1) is 5.92 Å². The Labute approximate surface area is 242 Å². The Morgan fingerprint density at radius 2 is 1.69 bits per heavy atom. The van der Waals surface area contributed by atoms with Gasteiger partial charge < -0.3 is 5.32 Å². The van der Waals surface area contributed by atoms with Crippen molar-refractivity contribution in [1.82, 2.24) is 25.0 Å². The van der Waals surface area contributed by atoms with Crippen molar-refractivity contribution in [1.29, 1.82) is 0 Å². The van der Waals surface area contributed by atoms with Gasteiger partial charge in [0.25, 0.3) is 11.8 Å². The van der Waals surface area contributed by atoms with Crippen LogP contribution in [0.3, 0.4) is 0 Å². The van der Waals surface area contributed by atoms with Gasteiger partial charge in [0.1, 0.15) is 6.04 Å². The molecular weight excluding hydrogens is 532 g/mol. The van der Waals surface area contributed by atoms with Crippen molar-refractivity contribution >= 4 is 29.3 Å². The Bertz CT molecular complexity index is 1650. The van der Waals surface area contributed by atoms with E-state index in [4.69, 9.17) is 10.1 Å². The normalized spacial score (nSPS) is 25.3. The summed E-state index contributed by atoms with van der Waals surface area (Å²) in [6, 6.07) is 8.82. The molecule has 1 aromatic carbocycles. The van der Waals surface area contributed by atoms with E-state index in [0.29, 0.717) is 23.8 Å². The van der Waals surface area contributed by atoms with Crippen molar-refractivity contribution in [2.45, 2.75) is 75.3 Å². The maximum absolute atomic E-state index is 13.1. The fourth-order valence-electron chi connectivity index (χ4n) is 6.73. The molecule has 5 aliphatic rings. The number of imide groups is 2. The van der Waals surface area contributed by atoms with E-state index in [2.05, 4.69) is 27.6 Å². The van der Waals surface area contributed by atoms with E-state index in [0.717, 1.165) is 35.7 Å². The third kappa shape index (κ3) is 4.31. The molecule has 1 atom stereocenters. The summed E-state index contributed by atoms with van der Waals surface area (Å²) in [6.07, 6.45) is 11.3. The van der Waals surface area contributed by atoms with Gasteiger partial charge >= 0.3 is 0 Å². The molecule has 2 N–H and O–H groups in total. The molecule has 3 saturated carbocycles. The fourth-order valence-corrected chi connectivity index (χ4v) is 6.73. The average Bonchev–Trinajstić information content (AvgIpc) is 3.91. The van der Waals surface area contributed by atoms with E-state index >= 15 is 0 Å². The first kappa shape index (κ1) is 25.4. The van der Waals surface area contributed by atoms with Gasteiger partial charge in [-0.3, -0.25) is 39.1 Å². The summed E-state index contributed by atoms with van der Waals surface area (Å²) in [7, 11) is 0. The van der Waals surface area contributed by atoms with E-state index < -0.39 is 23.8 Å². The molecule has 4 heterocycles. The minimum absolute atomic E-state index is 0.103. The van der Waals surface area contributed by atoms with Gasteiger partial charge in [0.15, 0.2) is 0 Å². The van der Waals surface area contributed by atoms with Crippen molar-refractivity contribution in [3.63, 3.8) is 0 Å². The smallest absolute Gasteiger partial charge is 0.262 e. The van der Waals surface area contributed by atoms with Gasteiger partial charge in [-0.25, -0.2) is 0 Å². The molecule has 2 aromatic heterocycles. The number of carbonyl (C=O) groups excluding carboxylic acids is 4. The Kier molecular flexibility index (Phi) is 5.80. The topological polar surface area (TPSA) is 126 Å². The number of aromatic nitrogens is 3. The molecule has 10 heteroatoms. The number of carbonyl (C=O) groups is 4. The largest absolute Gasteiger partial charge is 0.385 e. The number of nitrogens with zero attached hydrogens (tertiary/aromatic N) is 4. The van der Waals surface area contributed by atoms with E-state index in [-0.39, 0.29) is 29.9 Å². The van der Waals surface area contributed by atoms with E-state index in [1.807, 2.05) is 12.3 Å². The zero-order chi connectivity index (χ0) is 28.5. The first-order chi connectivity index (χ1) is 20.4. The summed E-state index contributed by atoms with van der Waals surface area (Å²) < 4.78 is 2.17. The number of amides is 4. The molecule has 1 unspecified atom stereocenters. The highest BCUT2D eigenvalue weighted by atomic mass is 16.2.